The molecule has 118 valence electrons. The van der Waals surface area contributed by atoms with Gasteiger partial charge in [-0.3, -0.25) is 0 Å². The molecule has 3 N–H and O–H groups in total. The molecule has 0 aliphatic carbocycles. The van der Waals surface area contributed by atoms with Crippen LogP contribution in [0.1, 0.15) is 19.4 Å². The maximum Gasteiger partial charge on any atom is 0.0655 e. The summed E-state index contributed by atoms with van der Waals surface area (Å²) in [4.78, 5) is 0. The number of nitrogens with one attached hydrogen (secondary N) is 1. The van der Waals surface area contributed by atoms with Crippen molar-refractivity contribution in [3.8, 4) is 0 Å². The molecule has 0 heterocycles. The van der Waals surface area contributed by atoms with Gasteiger partial charge in [0.15, 0.2) is 0 Å². The number of fused-ring (bicyclic) bond motifs is 1. The van der Waals surface area contributed by atoms with E-state index in [0.717, 1.165) is 12.1 Å². The van der Waals surface area contributed by atoms with Crippen molar-refractivity contribution in [1.82, 2.24) is 0 Å². The van der Waals surface area contributed by atoms with E-state index >= 15 is 0 Å². The SMILES string of the molecule is CC(C)(Cc1ccc2ccccc2c1)Nc1ccc(N)c(Cl)c1. The molecule has 0 saturated carbocycles. The van der Waals surface area contributed by atoms with Crippen LogP contribution in [0.3, 0.4) is 0 Å². The highest BCUT2D eigenvalue weighted by atomic mass is 35.5. The molecule has 0 aliphatic rings. The van der Waals surface area contributed by atoms with Gasteiger partial charge in [0, 0.05) is 11.2 Å². The summed E-state index contributed by atoms with van der Waals surface area (Å²) in [7, 11) is 0. The summed E-state index contributed by atoms with van der Waals surface area (Å²) in [6, 6.07) is 20.7. The molecule has 0 fully saturated rings. The summed E-state index contributed by atoms with van der Waals surface area (Å²) >= 11 is 6.10. The number of hydrogen-bond acceptors (Lipinski definition) is 2. The Morgan fingerprint density at radius 1 is 0.957 bits per heavy atom. The van der Waals surface area contributed by atoms with E-state index < -0.39 is 0 Å². The van der Waals surface area contributed by atoms with Gasteiger partial charge in [-0.2, -0.15) is 0 Å². The fourth-order valence-electron chi connectivity index (χ4n) is 2.90. The van der Waals surface area contributed by atoms with Gasteiger partial charge in [-0.1, -0.05) is 54.1 Å². The third kappa shape index (κ3) is 3.77. The maximum atomic E-state index is 6.10. The standard InChI is InChI=1S/C20H21ClN2/c1-20(2,23-17-9-10-19(22)18(21)12-17)13-14-7-8-15-5-3-4-6-16(15)11-14/h3-12,23H,13,22H2,1-2H3. The molecule has 3 aromatic carbocycles. The van der Waals surface area contributed by atoms with Crippen molar-refractivity contribution in [1.29, 1.82) is 0 Å². The molecule has 0 bridgehead atoms. The van der Waals surface area contributed by atoms with Crippen LogP contribution in [-0.4, -0.2) is 5.54 Å². The van der Waals surface area contributed by atoms with Crippen molar-refractivity contribution in [2.75, 3.05) is 11.1 Å². The Bertz CT molecular complexity index is 840. The van der Waals surface area contributed by atoms with Crippen LogP contribution >= 0.6 is 11.6 Å². The minimum atomic E-state index is -0.0953. The molecule has 0 amide bonds. The Morgan fingerprint density at radius 2 is 1.70 bits per heavy atom. The molecule has 3 aromatic rings. The average Bonchev–Trinajstić information content (AvgIpc) is 2.50. The van der Waals surface area contributed by atoms with Crippen LogP contribution in [0.2, 0.25) is 5.02 Å². The number of anilines is 2. The highest BCUT2D eigenvalue weighted by molar-refractivity contribution is 6.33. The molecule has 0 aromatic heterocycles. The van der Waals surface area contributed by atoms with E-state index in [1.54, 1.807) is 0 Å². The van der Waals surface area contributed by atoms with Gasteiger partial charge >= 0.3 is 0 Å². The molecular formula is C20H21ClN2. The van der Waals surface area contributed by atoms with Crippen molar-refractivity contribution in [2.45, 2.75) is 25.8 Å². The van der Waals surface area contributed by atoms with Crippen molar-refractivity contribution in [2.24, 2.45) is 0 Å². The molecule has 3 rings (SSSR count). The first-order chi connectivity index (χ1) is 10.9. The molecule has 0 saturated heterocycles. The van der Waals surface area contributed by atoms with Crippen molar-refractivity contribution in [3.63, 3.8) is 0 Å². The van der Waals surface area contributed by atoms with Crippen LogP contribution in [0.15, 0.2) is 60.7 Å². The second kappa shape index (κ2) is 6.13. The molecule has 23 heavy (non-hydrogen) atoms. The molecular weight excluding hydrogens is 304 g/mol. The second-order valence-corrected chi connectivity index (χ2v) is 7.01. The highest BCUT2D eigenvalue weighted by Crippen LogP contribution is 2.26. The summed E-state index contributed by atoms with van der Waals surface area (Å²) < 4.78 is 0. The second-order valence-electron chi connectivity index (χ2n) is 6.60. The first kappa shape index (κ1) is 15.7. The summed E-state index contributed by atoms with van der Waals surface area (Å²) in [6.45, 7) is 4.37. The summed E-state index contributed by atoms with van der Waals surface area (Å²) in [5, 5.41) is 6.67. The zero-order chi connectivity index (χ0) is 16.4. The predicted octanol–water partition coefficient (Wildman–Crippen LogP) is 5.51. The number of benzene rings is 3. The van der Waals surface area contributed by atoms with Crippen LogP contribution in [0, 0.1) is 0 Å². The highest BCUT2D eigenvalue weighted by Gasteiger charge is 2.18. The lowest BCUT2D eigenvalue weighted by Gasteiger charge is -2.28. The fraction of sp³-hybridized carbons (Fsp3) is 0.200. The smallest absolute Gasteiger partial charge is 0.0655 e. The largest absolute Gasteiger partial charge is 0.398 e. The van der Waals surface area contributed by atoms with Crippen LogP contribution in [-0.2, 0) is 6.42 Å². The molecule has 0 unspecified atom stereocenters. The predicted molar refractivity (Wildman–Crippen MR) is 101 cm³/mol. The van der Waals surface area contributed by atoms with Gasteiger partial charge in [0.25, 0.3) is 0 Å². The minimum Gasteiger partial charge on any atom is -0.398 e. The Morgan fingerprint density at radius 3 is 2.43 bits per heavy atom. The van der Waals surface area contributed by atoms with Gasteiger partial charge in [0.05, 0.1) is 10.7 Å². The first-order valence-corrected chi connectivity index (χ1v) is 8.12. The van der Waals surface area contributed by atoms with E-state index in [1.807, 2.05) is 18.2 Å². The Balaban J connectivity index is 1.79. The zero-order valence-electron chi connectivity index (χ0n) is 13.4. The van der Waals surface area contributed by atoms with Crippen molar-refractivity contribution < 1.29 is 0 Å². The van der Waals surface area contributed by atoms with Crippen molar-refractivity contribution >= 4 is 33.7 Å². The number of rotatable bonds is 4. The van der Waals surface area contributed by atoms with E-state index in [2.05, 4.69) is 61.6 Å². The normalized spacial score (nSPS) is 11.6. The van der Waals surface area contributed by atoms with Gasteiger partial charge in [-0.05, 0) is 54.8 Å². The van der Waals surface area contributed by atoms with Crippen LogP contribution in [0.5, 0.6) is 0 Å². The Kier molecular flexibility index (Phi) is 4.18. The Hall–Kier alpha value is -2.19. The Labute approximate surface area is 142 Å². The number of nitrogen functional groups attached to an aromatic ring is 1. The van der Waals surface area contributed by atoms with E-state index in [0.29, 0.717) is 10.7 Å². The molecule has 0 aliphatic heterocycles. The molecule has 0 radical (unpaired) electrons. The lowest BCUT2D eigenvalue weighted by Crippen LogP contribution is -2.33. The van der Waals surface area contributed by atoms with Crippen LogP contribution < -0.4 is 11.1 Å². The van der Waals surface area contributed by atoms with E-state index in [9.17, 15) is 0 Å². The molecule has 3 heteroatoms. The summed E-state index contributed by atoms with van der Waals surface area (Å²) in [6.07, 6.45) is 0.916. The number of halogens is 1. The number of nitrogens with two attached hydrogens (primary N) is 1. The monoisotopic (exact) mass is 324 g/mol. The minimum absolute atomic E-state index is 0.0953. The van der Waals surface area contributed by atoms with Gasteiger partial charge in [0.2, 0.25) is 0 Å². The van der Waals surface area contributed by atoms with Gasteiger partial charge in [0.1, 0.15) is 0 Å². The van der Waals surface area contributed by atoms with Gasteiger partial charge in [-0.25, -0.2) is 0 Å². The third-order valence-electron chi connectivity index (χ3n) is 3.94. The van der Waals surface area contributed by atoms with Crippen LogP contribution in [0.25, 0.3) is 10.8 Å². The van der Waals surface area contributed by atoms with Crippen LogP contribution in [0.4, 0.5) is 11.4 Å². The van der Waals surface area contributed by atoms with E-state index in [1.165, 1.54) is 16.3 Å². The molecule has 0 atom stereocenters. The number of hydrogen-bond donors (Lipinski definition) is 2. The lowest BCUT2D eigenvalue weighted by molar-refractivity contribution is 0.564. The van der Waals surface area contributed by atoms with Gasteiger partial charge in [-0.15, -0.1) is 0 Å². The first-order valence-electron chi connectivity index (χ1n) is 7.74. The molecule has 0 spiro atoms. The topological polar surface area (TPSA) is 38.0 Å². The fourth-order valence-corrected chi connectivity index (χ4v) is 3.08. The maximum absolute atomic E-state index is 6.10. The van der Waals surface area contributed by atoms with E-state index in [-0.39, 0.29) is 5.54 Å². The summed E-state index contributed by atoms with van der Waals surface area (Å²) in [5.41, 5.74) is 8.56. The van der Waals surface area contributed by atoms with Crippen molar-refractivity contribution in [3.05, 3.63) is 71.2 Å². The zero-order valence-corrected chi connectivity index (χ0v) is 14.2. The average molecular weight is 325 g/mol. The summed E-state index contributed by atoms with van der Waals surface area (Å²) in [5.74, 6) is 0. The van der Waals surface area contributed by atoms with E-state index in [4.69, 9.17) is 17.3 Å². The van der Waals surface area contributed by atoms with Gasteiger partial charge < -0.3 is 11.1 Å². The third-order valence-corrected chi connectivity index (χ3v) is 4.27. The molecule has 2 nitrogen and oxygen atoms in total. The lowest BCUT2D eigenvalue weighted by atomic mass is 9.93. The quantitative estimate of drug-likeness (QED) is 0.621.